The van der Waals surface area contributed by atoms with Crippen molar-refractivity contribution in [2.24, 2.45) is 5.92 Å². The summed E-state index contributed by atoms with van der Waals surface area (Å²) in [7, 11) is -1.14. The van der Waals surface area contributed by atoms with Crippen LogP contribution < -0.4 is 5.32 Å². The maximum absolute atomic E-state index is 11.8. The minimum atomic E-state index is -3.04. The highest BCUT2D eigenvalue weighted by atomic mass is 35.5. The molecule has 1 rings (SSSR count). The van der Waals surface area contributed by atoms with E-state index >= 15 is 0 Å². The van der Waals surface area contributed by atoms with E-state index in [2.05, 4.69) is 11.9 Å². The molecule has 0 amide bonds. The molecule has 1 saturated heterocycles. The van der Waals surface area contributed by atoms with Gasteiger partial charge in [0.15, 0.2) is 0 Å². The second kappa shape index (κ2) is 7.27. The van der Waals surface area contributed by atoms with E-state index in [9.17, 15) is 8.42 Å². The zero-order chi connectivity index (χ0) is 11.3. The molecule has 0 aromatic carbocycles. The first-order valence-corrected chi connectivity index (χ1v) is 6.94. The van der Waals surface area contributed by atoms with Gasteiger partial charge in [0.2, 0.25) is 10.0 Å². The third-order valence-electron chi connectivity index (χ3n) is 2.71. The number of nitrogens with one attached hydrogen (secondary N) is 1. The monoisotopic (exact) mass is 268 g/mol. The predicted octanol–water partition coefficient (Wildman–Crippen LogP) is 0.855. The van der Waals surface area contributed by atoms with Gasteiger partial charge in [0, 0.05) is 13.1 Å². The Labute approximate surface area is 105 Å². The molecule has 0 aliphatic carbocycles. The van der Waals surface area contributed by atoms with Crippen LogP contribution in [0.15, 0.2) is 12.7 Å². The fourth-order valence-corrected chi connectivity index (χ4v) is 3.41. The normalized spacial score (nSPS) is 21.7. The lowest BCUT2D eigenvalue weighted by Crippen LogP contribution is -2.32. The SMILES string of the molecule is C=CCCS(=O)(=O)N1CCC(CNC)C1.Cl. The number of hydrogen-bond acceptors (Lipinski definition) is 3. The number of allylic oxidation sites excluding steroid dienone is 1. The molecule has 1 unspecified atom stereocenters. The average molecular weight is 269 g/mol. The minimum Gasteiger partial charge on any atom is -0.319 e. The second-order valence-electron chi connectivity index (χ2n) is 3.96. The lowest BCUT2D eigenvalue weighted by Gasteiger charge is -2.15. The van der Waals surface area contributed by atoms with Crippen LogP contribution in [0.1, 0.15) is 12.8 Å². The minimum absolute atomic E-state index is 0. The summed E-state index contributed by atoms with van der Waals surface area (Å²) in [6, 6.07) is 0. The Morgan fingerprint density at radius 2 is 2.25 bits per heavy atom. The molecule has 0 radical (unpaired) electrons. The molecule has 1 atom stereocenters. The second-order valence-corrected chi connectivity index (χ2v) is 6.05. The lowest BCUT2D eigenvalue weighted by atomic mass is 10.1. The van der Waals surface area contributed by atoms with Crippen molar-refractivity contribution in [1.29, 1.82) is 0 Å². The Kier molecular flexibility index (Phi) is 7.22. The maximum atomic E-state index is 11.8. The summed E-state index contributed by atoms with van der Waals surface area (Å²) in [6.45, 7) is 5.78. The van der Waals surface area contributed by atoms with Crippen molar-refractivity contribution in [1.82, 2.24) is 9.62 Å². The summed E-state index contributed by atoms with van der Waals surface area (Å²) in [4.78, 5) is 0. The average Bonchev–Trinajstić information content (AvgIpc) is 2.65. The van der Waals surface area contributed by atoms with Crippen LogP contribution in [0.3, 0.4) is 0 Å². The Hall–Kier alpha value is -0.100. The molecule has 1 aliphatic rings. The summed E-state index contributed by atoms with van der Waals surface area (Å²) in [5, 5.41) is 3.09. The molecule has 4 nitrogen and oxygen atoms in total. The van der Waals surface area contributed by atoms with Crippen molar-refractivity contribution in [2.75, 3.05) is 32.4 Å². The van der Waals surface area contributed by atoms with Crippen LogP contribution in [0.2, 0.25) is 0 Å². The molecule has 1 aliphatic heterocycles. The molecule has 0 bridgehead atoms. The van der Waals surface area contributed by atoms with Crippen LogP contribution in [0.5, 0.6) is 0 Å². The van der Waals surface area contributed by atoms with Crippen molar-refractivity contribution < 1.29 is 8.42 Å². The Morgan fingerprint density at radius 3 is 2.81 bits per heavy atom. The molecular formula is C10H21ClN2O2S. The van der Waals surface area contributed by atoms with Crippen molar-refractivity contribution in [2.45, 2.75) is 12.8 Å². The molecule has 1 N–H and O–H groups in total. The quantitative estimate of drug-likeness (QED) is 0.727. The van der Waals surface area contributed by atoms with E-state index < -0.39 is 10.0 Å². The van der Waals surface area contributed by atoms with Crippen molar-refractivity contribution >= 4 is 22.4 Å². The summed E-state index contributed by atoms with van der Waals surface area (Å²) in [6.07, 6.45) is 3.16. The lowest BCUT2D eigenvalue weighted by molar-refractivity contribution is 0.451. The summed E-state index contributed by atoms with van der Waals surface area (Å²) < 4.78 is 25.2. The van der Waals surface area contributed by atoms with Gasteiger partial charge in [-0.3, -0.25) is 0 Å². The summed E-state index contributed by atoms with van der Waals surface area (Å²) in [5.74, 6) is 0.663. The van der Waals surface area contributed by atoms with Crippen molar-refractivity contribution in [3.05, 3.63) is 12.7 Å². The zero-order valence-corrected chi connectivity index (χ0v) is 11.3. The van der Waals surface area contributed by atoms with Gasteiger partial charge < -0.3 is 5.32 Å². The number of halogens is 1. The van der Waals surface area contributed by atoms with Gasteiger partial charge in [-0.25, -0.2) is 12.7 Å². The topological polar surface area (TPSA) is 49.4 Å². The molecule has 6 heteroatoms. The number of rotatable bonds is 6. The number of hydrogen-bond donors (Lipinski definition) is 1. The Balaban J connectivity index is 0.00000225. The van der Waals surface area contributed by atoms with E-state index in [1.165, 1.54) is 0 Å². The third-order valence-corrected chi connectivity index (χ3v) is 4.58. The highest BCUT2D eigenvalue weighted by molar-refractivity contribution is 7.89. The highest BCUT2D eigenvalue weighted by Gasteiger charge is 2.30. The Morgan fingerprint density at radius 1 is 1.56 bits per heavy atom. The van der Waals surface area contributed by atoms with Gasteiger partial charge >= 0.3 is 0 Å². The van der Waals surface area contributed by atoms with Gasteiger partial charge in [-0.15, -0.1) is 19.0 Å². The van der Waals surface area contributed by atoms with Crippen LogP contribution in [-0.4, -0.2) is 45.2 Å². The molecule has 16 heavy (non-hydrogen) atoms. The van der Waals surface area contributed by atoms with E-state index in [0.29, 0.717) is 25.4 Å². The standard InChI is InChI=1S/C10H20N2O2S.ClH/c1-3-4-7-15(13,14)12-6-5-10(9-12)8-11-2;/h3,10-11H,1,4-9H2,2H3;1H. The fourth-order valence-electron chi connectivity index (χ4n) is 1.87. The molecule has 0 aromatic rings. The van der Waals surface area contributed by atoms with Crippen LogP contribution in [0.25, 0.3) is 0 Å². The molecule has 0 aromatic heterocycles. The fraction of sp³-hybridized carbons (Fsp3) is 0.800. The molecule has 0 spiro atoms. The van der Waals surface area contributed by atoms with Gasteiger partial charge in [0.25, 0.3) is 0 Å². The Bertz CT molecular complexity index is 306. The first kappa shape index (κ1) is 15.9. The van der Waals surface area contributed by atoms with Crippen LogP contribution >= 0.6 is 12.4 Å². The summed E-state index contributed by atoms with van der Waals surface area (Å²) >= 11 is 0. The predicted molar refractivity (Wildman–Crippen MR) is 69.5 cm³/mol. The van der Waals surface area contributed by atoms with Gasteiger partial charge in [-0.05, 0) is 32.4 Å². The smallest absolute Gasteiger partial charge is 0.214 e. The van der Waals surface area contributed by atoms with Gasteiger partial charge in [0.05, 0.1) is 5.75 Å². The number of nitrogens with zero attached hydrogens (tertiary/aromatic N) is 1. The van der Waals surface area contributed by atoms with E-state index in [1.54, 1.807) is 10.4 Å². The van der Waals surface area contributed by atoms with Gasteiger partial charge in [-0.2, -0.15) is 0 Å². The summed E-state index contributed by atoms with van der Waals surface area (Å²) in [5.41, 5.74) is 0. The first-order chi connectivity index (χ1) is 7.10. The number of sulfonamides is 1. The van der Waals surface area contributed by atoms with Crippen LogP contribution in [0.4, 0.5) is 0 Å². The van der Waals surface area contributed by atoms with E-state index in [-0.39, 0.29) is 18.2 Å². The van der Waals surface area contributed by atoms with E-state index in [1.807, 2.05) is 7.05 Å². The highest BCUT2D eigenvalue weighted by Crippen LogP contribution is 2.19. The zero-order valence-electron chi connectivity index (χ0n) is 9.68. The van der Waals surface area contributed by atoms with Crippen LogP contribution in [-0.2, 0) is 10.0 Å². The maximum Gasteiger partial charge on any atom is 0.214 e. The largest absolute Gasteiger partial charge is 0.319 e. The van der Waals surface area contributed by atoms with Crippen molar-refractivity contribution in [3.8, 4) is 0 Å². The first-order valence-electron chi connectivity index (χ1n) is 5.33. The third kappa shape index (κ3) is 4.41. The van der Waals surface area contributed by atoms with E-state index in [0.717, 1.165) is 13.0 Å². The van der Waals surface area contributed by atoms with Gasteiger partial charge in [-0.1, -0.05) is 6.08 Å². The molecule has 1 fully saturated rings. The molecule has 1 heterocycles. The van der Waals surface area contributed by atoms with Crippen molar-refractivity contribution in [3.63, 3.8) is 0 Å². The van der Waals surface area contributed by atoms with Gasteiger partial charge in [0.1, 0.15) is 0 Å². The van der Waals surface area contributed by atoms with Crippen LogP contribution in [0, 0.1) is 5.92 Å². The molecule has 96 valence electrons. The van der Waals surface area contributed by atoms with E-state index in [4.69, 9.17) is 0 Å². The molecular weight excluding hydrogens is 248 g/mol. The molecule has 0 saturated carbocycles.